The van der Waals surface area contributed by atoms with Crippen LogP contribution in [0.1, 0.15) is 290 Å². The molecule has 0 N–H and O–H groups in total. The van der Waals surface area contributed by atoms with Gasteiger partial charge in [-0.05, 0) is 83.5 Å². The number of unbranched alkanes of at least 4 members (excludes halogenated alkanes) is 31. The molecule has 0 saturated heterocycles. The van der Waals surface area contributed by atoms with E-state index in [-0.39, 0.29) is 25.2 Å². The van der Waals surface area contributed by atoms with Crippen molar-refractivity contribution in [3.8, 4) is 0 Å². The van der Waals surface area contributed by atoms with Crippen LogP contribution in [0.5, 0.6) is 0 Å². The smallest absolute Gasteiger partial charge is 0.306 e. The molecule has 0 aliphatic rings. The topological polar surface area (TPSA) is 61.8 Å². The zero-order valence-corrected chi connectivity index (χ0v) is 45.4. The summed E-state index contributed by atoms with van der Waals surface area (Å²) in [4.78, 5) is 25.6. The van der Waals surface area contributed by atoms with Gasteiger partial charge in [0, 0.05) is 19.4 Å². The molecule has 0 aromatic heterocycles. The minimum atomic E-state index is -0.546. The van der Waals surface area contributed by atoms with Gasteiger partial charge in [-0.1, -0.05) is 267 Å². The number of carbonyl (C=O) groups is 2. The molecule has 0 bridgehead atoms. The summed E-state index contributed by atoms with van der Waals surface area (Å²) in [5.41, 5.74) is 0. The highest BCUT2D eigenvalue weighted by atomic mass is 16.6. The molecule has 0 aliphatic carbocycles. The molecule has 0 fully saturated rings. The second kappa shape index (κ2) is 58.7. The summed E-state index contributed by atoms with van der Waals surface area (Å²) in [6.45, 7) is 7.63. The third-order valence-corrected chi connectivity index (χ3v) is 12.7. The molecule has 0 rings (SSSR count). The highest BCUT2D eigenvalue weighted by Crippen LogP contribution is 2.16. The molecule has 0 aliphatic heterocycles. The van der Waals surface area contributed by atoms with Crippen LogP contribution in [0.25, 0.3) is 0 Å². The molecule has 0 heterocycles. The lowest BCUT2D eigenvalue weighted by atomic mass is 10.0. The van der Waals surface area contributed by atoms with E-state index in [9.17, 15) is 9.59 Å². The Kier molecular flexibility index (Phi) is 56.4. The molecule has 5 heteroatoms. The Balaban J connectivity index is 4.28. The van der Waals surface area contributed by atoms with Crippen molar-refractivity contribution in [1.29, 1.82) is 0 Å². The van der Waals surface area contributed by atoms with Crippen LogP contribution in [0.15, 0.2) is 72.9 Å². The first-order valence-corrected chi connectivity index (χ1v) is 29.5. The van der Waals surface area contributed by atoms with Gasteiger partial charge in [-0.3, -0.25) is 9.59 Å². The van der Waals surface area contributed by atoms with Crippen molar-refractivity contribution in [2.24, 2.45) is 0 Å². The van der Waals surface area contributed by atoms with Crippen molar-refractivity contribution in [2.45, 2.75) is 297 Å². The van der Waals surface area contributed by atoms with Crippen LogP contribution in [0.2, 0.25) is 0 Å². The number of carbonyl (C=O) groups excluding carboxylic acids is 2. The maximum Gasteiger partial charge on any atom is 0.306 e. The number of allylic oxidation sites excluding steroid dienone is 12. The van der Waals surface area contributed by atoms with E-state index in [1.807, 2.05) is 0 Å². The quantitative estimate of drug-likeness (QED) is 0.0345. The van der Waals surface area contributed by atoms with Crippen LogP contribution < -0.4 is 0 Å². The summed E-state index contributed by atoms with van der Waals surface area (Å²) in [5.74, 6) is -0.400. The van der Waals surface area contributed by atoms with Crippen molar-refractivity contribution >= 4 is 11.9 Å². The molecule has 394 valence electrons. The van der Waals surface area contributed by atoms with Gasteiger partial charge in [-0.25, -0.2) is 0 Å². The predicted molar refractivity (Wildman–Crippen MR) is 297 cm³/mol. The SMILES string of the molecule is CC/C=C\C/C=C\C/C=C\CCCCCCCCCCOCC(COC(=O)CCCCCCCCC/C=C\C/C=C\C/C=C\CC)OC(=O)CCCCCCCCCCCCCCCCCCC. The Morgan fingerprint density at radius 3 is 1.06 bits per heavy atom. The summed E-state index contributed by atoms with van der Waals surface area (Å²) in [6.07, 6.45) is 76.4. The van der Waals surface area contributed by atoms with Gasteiger partial charge in [0.05, 0.1) is 6.61 Å². The van der Waals surface area contributed by atoms with E-state index >= 15 is 0 Å². The van der Waals surface area contributed by atoms with Crippen LogP contribution in [0.3, 0.4) is 0 Å². The molecule has 0 spiro atoms. The van der Waals surface area contributed by atoms with Crippen molar-refractivity contribution in [3.63, 3.8) is 0 Å². The maximum absolute atomic E-state index is 12.9. The number of ether oxygens (including phenoxy) is 3. The van der Waals surface area contributed by atoms with Gasteiger partial charge in [-0.2, -0.15) is 0 Å². The molecular weight excluding hydrogens is 837 g/mol. The first-order chi connectivity index (χ1) is 33.6. The fourth-order valence-electron chi connectivity index (χ4n) is 8.42. The van der Waals surface area contributed by atoms with Crippen molar-refractivity contribution in [1.82, 2.24) is 0 Å². The molecule has 0 aromatic carbocycles. The Morgan fingerprint density at radius 2 is 0.662 bits per heavy atom. The summed E-state index contributed by atoms with van der Waals surface area (Å²) in [6, 6.07) is 0. The average Bonchev–Trinajstić information content (AvgIpc) is 3.34. The highest BCUT2D eigenvalue weighted by Gasteiger charge is 2.17. The van der Waals surface area contributed by atoms with Crippen molar-refractivity contribution in [2.75, 3.05) is 19.8 Å². The molecule has 0 aromatic rings. The molecular formula is C63H112O5. The van der Waals surface area contributed by atoms with E-state index < -0.39 is 6.10 Å². The number of esters is 2. The van der Waals surface area contributed by atoms with Crippen molar-refractivity contribution < 1.29 is 23.8 Å². The molecule has 0 amide bonds. The molecule has 0 saturated carbocycles. The molecule has 1 atom stereocenters. The normalized spacial score (nSPS) is 12.7. The molecule has 68 heavy (non-hydrogen) atoms. The minimum Gasteiger partial charge on any atom is -0.462 e. The second-order valence-electron chi connectivity index (χ2n) is 19.5. The van der Waals surface area contributed by atoms with Gasteiger partial charge in [0.1, 0.15) is 6.61 Å². The summed E-state index contributed by atoms with van der Waals surface area (Å²) < 4.78 is 17.5. The maximum atomic E-state index is 12.9. The van der Waals surface area contributed by atoms with Gasteiger partial charge in [0.15, 0.2) is 6.10 Å². The second-order valence-corrected chi connectivity index (χ2v) is 19.5. The van der Waals surface area contributed by atoms with Gasteiger partial charge in [0.2, 0.25) is 0 Å². The van der Waals surface area contributed by atoms with E-state index in [1.165, 1.54) is 167 Å². The summed E-state index contributed by atoms with van der Waals surface area (Å²) >= 11 is 0. The van der Waals surface area contributed by atoms with E-state index in [1.54, 1.807) is 0 Å². The Bertz CT molecular complexity index is 1210. The van der Waals surface area contributed by atoms with Crippen LogP contribution in [-0.4, -0.2) is 37.9 Å². The lowest BCUT2D eigenvalue weighted by Gasteiger charge is -2.18. The first kappa shape index (κ1) is 65.3. The van der Waals surface area contributed by atoms with E-state index in [4.69, 9.17) is 14.2 Å². The predicted octanol–water partition coefficient (Wildman–Crippen LogP) is 20.2. The Hall–Kier alpha value is -2.66. The van der Waals surface area contributed by atoms with Crippen LogP contribution in [0, 0.1) is 0 Å². The van der Waals surface area contributed by atoms with Gasteiger partial charge in [0.25, 0.3) is 0 Å². The zero-order valence-electron chi connectivity index (χ0n) is 45.4. The Morgan fingerprint density at radius 1 is 0.338 bits per heavy atom. The van der Waals surface area contributed by atoms with Gasteiger partial charge in [-0.15, -0.1) is 0 Å². The minimum absolute atomic E-state index is 0.0778. The molecule has 5 nitrogen and oxygen atoms in total. The van der Waals surface area contributed by atoms with Crippen LogP contribution in [0.4, 0.5) is 0 Å². The van der Waals surface area contributed by atoms with E-state index in [0.717, 1.165) is 89.9 Å². The summed E-state index contributed by atoms with van der Waals surface area (Å²) in [7, 11) is 0. The van der Waals surface area contributed by atoms with E-state index in [2.05, 4.69) is 93.7 Å². The van der Waals surface area contributed by atoms with Crippen molar-refractivity contribution in [3.05, 3.63) is 72.9 Å². The monoisotopic (exact) mass is 949 g/mol. The lowest BCUT2D eigenvalue weighted by Crippen LogP contribution is -2.30. The highest BCUT2D eigenvalue weighted by molar-refractivity contribution is 5.70. The fraction of sp³-hybridized carbons (Fsp3) is 0.778. The van der Waals surface area contributed by atoms with Crippen LogP contribution >= 0.6 is 0 Å². The van der Waals surface area contributed by atoms with E-state index in [0.29, 0.717) is 19.4 Å². The fourth-order valence-corrected chi connectivity index (χ4v) is 8.42. The summed E-state index contributed by atoms with van der Waals surface area (Å²) in [5, 5.41) is 0. The van der Waals surface area contributed by atoms with Crippen LogP contribution in [-0.2, 0) is 23.8 Å². The average molecular weight is 950 g/mol. The largest absolute Gasteiger partial charge is 0.462 e. The third-order valence-electron chi connectivity index (χ3n) is 12.7. The zero-order chi connectivity index (χ0) is 49.2. The number of hydrogen-bond donors (Lipinski definition) is 0. The Labute approximate surface area is 423 Å². The molecule has 1 unspecified atom stereocenters. The van der Waals surface area contributed by atoms with Gasteiger partial charge >= 0.3 is 11.9 Å². The first-order valence-electron chi connectivity index (χ1n) is 29.5. The third kappa shape index (κ3) is 55.9. The molecule has 0 radical (unpaired) electrons. The standard InChI is InChI=1S/C63H112O5/c1-4-7-10-13-16-19-22-25-28-31-34-37-40-43-46-49-52-55-58-66-59-61(68-63(65)57-54-51-48-45-42-39-36-33-30-27-24-21-18-15-12-9-6-3)60-67-62(64)56-53-50-47-44-41-38-35-32-29-26-23-20-17-14-11-8-5-2/h7-8,10-11,16-17,19-20,25-26,28-29,61H,4-6,9,12-15,18,21-24,27,30-60H2,1-3H3/b10-7-,11-8-,19-16-,20-17-,28-25-,29-26-. The number of rotatable bonds is 54. The lowest BCUT2D eigenvalue weighted by molar-refractivity contribution is -0.163. The number of hydrogen-bond acceptors (Lipinski definition) is 5. The van der Waals surface area contributed by atoms with Gasteiger partial charge < -0.3 is 14.2 Å².